The van der Waals surface area contributed by atoms with E-state index in [9.17, 15) is 4.79 Å². The third-order valence-corrected chi connectivity index (χ3v) is 6.10. The van der Waals surface area contributed by atoms with Gasteiger partial charge in [0.05, 0.1) is 37.1 Å². The normalized spacial score (nSPS) is 19.6. The van der Waals surface area contributed by atoms with Crippen molar-refractivity contribution < 1.29 is 28.5 Å². The van der Waals surface area contributed by atoms with Gasteiger partial charge in [0, 0.05) is 17.9 Å². The summed E-state index contributed by atoms with van der Waals surface area (Å²) in [6, 6.07) is 24.6. The molecule has 8 heteroatoms. The third-order valence-electron chi connectivity index (χ3n) is 5.57. The van der Waals surface area contributed by atoms with E-state index in [1.54, 1.807) is 18.2 Å². The molecule has 0 aromatic heterocycles. The van der Waals surface area contributed by atoms with E-state index in [1.807, 2.05) is 60.7 Å². The highest BCUT2D eigenvalue weighted by molar-refractivity contribution is 6.35. The molecule has 0 bridgehead atoms. The first-order chi connectivity index (χ1) is 17.5. The summed E-state index contributed by atoms with van der Waals surface area (Å²) >= 11 is 12.0. The molecule has 36 heavy (non-hydrogen) atoms. The van der Waals surface area contributed by atoms with E-state index in [4.69, 9.17) is 46.9 Å². The van der Waals surface area contributed by atoms with Crippen LogP contribution in [-0.2, 0) is 37.0 Å². The molecule has 0 radical (unpaired) electrons. The first-order valence-corrected chi connectivity index (χ1v) is 12.5. The number of hydrogen-bond acceptors (Lipinski definition) is 6. The fourth-order valence-electron chi connectivity index (χ4n) is 3.83. The van der Waals surface area contributed by atoms with Crippen LogP contribution in [-0.4, -0.2) is 37.7 Å². The summed E-state index contributed by atoms with van der Waals surface area (Å²) in [7, 11) is 0. The van der Waals surface area contributed by atoms with Crippen molar-refractivity contribution in [2.75, 3.05) is 13.2 Å². The minimum atomic E-state index is -0.776. The fourth-order valence-corrected chi connectivity index (χ4v) is 4.29. The Balaban J connectivity index is 1.31. The van der Waals surface area contributed by atoms with Crippen molar-refractivity contribution in [3.05, 3.63) is 100 Å². The summed E-state index contributed by atoms with van der Waals surface area (Å²) < 4.78 is 29.1. The molecule has 1 aliphatic heterocycles. The molecule has 190 valence electrons. The largest absolute Gasteiger partial charge is 0.480 e. The number of carbonyl (C=O) groups excluding carboxylic acids is 1. The monoisotopic (exact) mass is 530 g/mol. The van der Waals surface area contributed by atoms with Crippen LogP contribution in [0.4, 0.5) is 0 Å². The minimum absolute atomic E-state index is 0.159. The van der Waals surface area contributed by atoms with Crippen LogP contribution in [0, 0.1) is 0 Å². The number of carbonyl (C=O) groups is 1. The molecule has 0 amide bonds. The van der Waals surface area contributed by atoms with E-state index in [1.165, 1.54) is 0 Å². The highest BCUT2D eigenvalue weighted by Gasteiger charge is 2.33. The number of ether oxygens (including phenoxy) is 5. The zero-order chi connectivity index (χ0) is 25.2. The highest BCUT2D eigenvalue weighted by Crippen LogP contribution is 2.28. The molecule has 3 aromatic rings. The lowest BCUT2D eigenvalue weighted by Crippen LogP contribution is -2.41. The first-order valence-electron chi connectivity index (χ1n) is 11.7. The van der Waals surface area contributed by atoms with Gasteiger partial charge in [-0.25, -0.2) is 4.79 Å². The maximum Gasteiger partial charge on any atom is 0.346 e. The fraction of sp³-hybridized carbons (Fsp3) is 0.321. The van der Waals surface area contributed by atoms with Gasteiger partial charge in [-0.3, -0.25) is 0 Å². The lowest BCUT2D eigenvalue weighted by Gasteiger charge is -2.34. The van der Waals surface area contributed by atoms with Gasteiger partial charge >= 0.3 is 5.97 Å². The molecule has 1 saturated heterocycles. The summed E-state index contributed by atoms with van der Waals surface area (Å²) in [5, 5.41) is 0.793. The SMILES string of the molecule is O=C(COc1ccc(Cl)cc1Cl)OC1CC(OCc2ccccc2)CC(COCc2ccccc2)O1. The zero-order valence-electron chi connectivity index (χ0n) is 19.7. The average molecular weight is 531 g/mol. The molecule has 3 atom stereocenters. The molecular formula is C28H28Cl2O6. The van der Waals surface area contributed by atoms with Gasteiger partial charge < -0.3 is 23.7 Å². The van der Waals surface area contributed by atoms with Crippen molar-refractivity contribution in [2.24, 2.45) is 0 Å². The molecule has 0 saturated carbocycles. The van der Waals surface area contributed by atoms with Gasteiger partial charge in [-0.15, -0.1) is 0 Å². The van der Waals surface area contributed by atoms with E-state index >= 15 is 0 Å². The maximum atomic E-state index is 12.5. The second kappa shape index (κ2) is 13.6. The highest BCUT2D eigenvalue weighted by atomic mass is 35.5. The first kappa shape index (κ1) is 26.5. The molecule has 1 aliphatic rings. The Labute approximate surface area is 221 Å². The molecule has 1 fully saturated rings. The van der Waals surface area contributed by atoms with E-state index in [0.29, 0.717) is 48.5 Å². The van der Waals surface area contributed by atoms with Crippen molar-refractivity contribution in [3.8, 4) is 5.75 Å². The Hall–Kier alpha value is -2.61. The summed E-state index contributed by atoms with van der Waals surface area (Å²) in [4.78, 5) is 12.5. The Morgan fingerprint density at radius 2 is 1.58 bits per heavy atom. The molecule has 6 nitrogen and oxygen atoms in total. The number of halogens is 2. The molecule has 4 rings (SSSR count). The maximum absolute atomic E-state index is 12.5. The van der Waals surface area contributed by atoms with Crippen LogP contribution in [0.3, 0.4) is 0 Å². The standard InChI is InChI=1S/C28H28Cl2O6/c29-22-11-12-26(25(30)13-22)34-19-27(31)36-28-15-23(33-17-21-9-5-2-6-10-21)14-24(35-28)18-32-16-20-7-3-1-4-8-20/h1-13,23-24,28H,14-19H2. The van der Waals surface area contributed by atoms with Gasteiger partial charge in [-0.2, -0.15) is 0 Å². The second-order valence-corrected chi connectivity index (χ2v) is 9.28. The number of benzene rings is 3. The number of rotatable bonds is 11. The van der Waals surface area contributed by atoms with Gasteiger partial charge in [0.2, 0.25) is 6.29 Å². The summed E-state index contributed by atoms with van der Waals surface area (Å²) in [5.74, 6) is -0.225. The average Bonchev–Trinajstić information content (AvgIpc) is 2.88. The number of hydrogen-bond donors (Lipinski definition) is 0. The molecule has 0 aliphatic carbocycles. The van der Waals surface area contributed by atoms with Crippen LogP contribution in [0.1, 0.15) is 24.0 Å². The lowest BCUT2D eigenvalue weighted by atomic mass is 10.1. The van der Waals surface area contributed by atoms with E-state index in [2.05, 4.69) is 0 Å². The van der Waals surface area contributed by atoms with Gasteiger partial charge in [-0.1, -0.05) is 83.9 Å². The molecular weight excluding hydrogens is 503 g/mol. The Bertz CT molecular complexity index is 1100. The molecule has 1 heterocycles. The minimum Gasteiger partial charge on any atom is -0.480 e. The van der Waals surface area contributed by atoms with E-state index < -0.39 is 12.3 Å². The zero-order valence-corrected chi connectivity index (χ0v) is 21.2. The van der Waals surface area contributed by atoms with Gasteiger partial charge in [0.25, 0.3) is 0 Å². The molecule has 0 spiro atoms. The summed E-state index contributed by atoms with van der Waals surface area (Å²) in [5.41, 5.74) is 2.15. The predicted octanol–water partition coefficient (Wildman–Crippen LogP) is 6.22. The van der Waals surface area contributed by atoms with E-state index in [0.717, 1.165) is 11.1 Å². The summed E-state index contributed by atoms with van der Waals surface area (Å²) in [6.45, 7) is 0.968. The van der Waals surface area contributed by atoms with Crippen LogP contribution in [0.5, 0.6) is 5.75 Å². The van der Waals surface area contributed by atoms with Gasteiger partial charge in [0.1, 0.15) is 5.75 Å². The number of esters is 1. The van der Waals surface area contributed by atoms with E-state index in [-0.39, 0.29) is 18.8 Å². The Morgan fingerprint density at radius 1 is 0.889 bits per heavy atom. The van der Waals surface area contributed by atoms with Crippen LogP contribution < -0.4 is 4.74 Å². The Morgan fingerprint density at radius 3 is 2.28 bits per heavy atom. The smallest absolute Gasteiger partial charge is 0.346 e. The second-order valence-electron chi connectivity index (χ2n) is 8.43. The quantitative estimate of drug-likeness (QED) is 0.274. The van der Waals surface area contributed by atoms with Crippen LogP contribution in [0.25, 0.3) is 0 Å². The van der Waals surface area contributed by atoms with Crippen molar-refractivity contribution in [3.63, 3.8) is 0 Å². The van der Waals surface area contributed by atoms with Crippen molar-refractivity contribution in [1.29, 1.82) is 0 Å². The molecule has 3 unspecified atom stereocenters. The summed E-state index contributed by atoms with van der Waals surface area (Å²) in [6.07, 6.45) is -0.176. The van der Waals surface area contributed by atoms with Crippen molar-refractivity contribution >= 4 is 29.2 Å². The van der Waals surface area contributed by atoms with Gasteiger partial charge in [0.15, 0.2) is 6.61 Å². The predicted molar refractivity (Wildman–Crippen MR) is 137 cm³/mol. The van der Waals surface area contributed by atoms with Crippen molar-refractivity contribution in [2.45, 2.75) is 44.6 Å². The van der Waals surface area contributed by atoms with Crippen molar-refractivity contribution in [1.82, 2.24) is 0 Å². The van der Waals surface area contributed by atoms with Crippen LogP contribution >= 0.6 is 23.2 Å². The molecule has 0 N–H and O–H groups in total. The topological polar surface area (TPSA) is 63.2 Å². The Kier molecular flexibility index (Phi) is 10.0. The third kappa shape index (κ3) is 8.50. The van der Waals surface area contributed by atoms with Gasteiger partial charge in [-0.05, 0) is 29.3 Å². The van der Waals surface area contributed by atoms with Crippen LogP contribution in [0.15, 0.2) is 78.9 Å². The lowest BCUT2D eigenvalue weighted by molar-refractivity contribution is -0.231. The van der Waals surface area contributed by atoms with Crippen LogP contribution in [0.2, 0.25) is 10.0 Å². The molecule has 3 aromatic carbocycles.